The van der Waals surface area contributed by atoms with Gasteiger partial charge in [-0.3, -0.25) is 0 Å². The standard InChI is InChI=1S/2C42H31N3Si.C36H27N3Si/c1-46(2)38-23-12-10-21-34(38)39-40(43-41(44-42(39)46)31-17-13-16-29(26-31)28-14-5-3-6-15-28)30-24-25-37-35(27-30)33-20-9-11-22-36(33)45(37)32-18-7-4-8-19-32;1-46(2)38-20-12-10-18-34(38)39-40(43-41(44-42(39)46)30-23-21-29(22-24-30)28-13-5-3-6-14-28)31-25-26-37-35(27-31)33-17-9-11-19-36(33)45(37)32-15-7-4-8-16-32;1-40(2)32-20-12-10-18-28(32)33-34(37-35(38-36(33)40)24-13-5-3-6-14-24)25-21-22-31-29(23-25)27-17-9-11-19-30(27)39(31)26-15-7-4-8-16-26/h2*3-27H,1-2H3;3-23H,1-2H3. The van der Waals surface area contributed by atoms with Crippen molar-refractivity contribution in [1.82, 2.24) is 43.6 Å². The molecule has 0 radical (unpaired) electrons. The lowest BCUT2D eigenvalue weighted by atomic mass is 9.98. The van der Waals surface area contributed by atoms with Crippen LogP contribution in [-0.4, -0.2) is 67.8 Å². The summed E-state index contributed by atoms with van der Waals surface area (Å²) >= 11 is 0. The Balaban J connectivity index is 0.000000110. The first kappa shape index (κ1) is 79.4. The molecule has 0 saturated carbocycles. The highest BCUT2D eigenvalue weighted by Gasteiger charge is 2.45. The Morgan fingerprint density at radius 1 is 0.174 bits per heavy atom. The van der Waals surface area contributed by atoms with Gasteiger partial charge in [-0.2, -0.15) is 0 Å². The van der Waals surface area contributed by atoms with Crippen LogP contribution in [0.25, 0.3) is 206 Å². The molecule has 17 aromatic carbocycles. The van der Waals surface area contributed by atoms with Crippen molar-refractivity contribution < 1.29 is 0 Å². The zero-order chi connectivity index (χ0) is 88.5. The van der Waals surface area contributed by atoms with Gasteiger partial charge in [0.05, 0.1) is 50.2 Å². The minimum Gasteiger partial charge on any atom is -0.309 e. The molecule has 0 amide bonds. The van der Waals surface area contributed by atoms with Crippen LogP contribution in [0.5, 0.6) is 0 Å². The highest BCUT2D eigenvalue weighted by Crippen LogP contribution is 2.46. The van der Waals surface area contributed by atoms with Crippen molar-refractivity contribution in [2.45, 2.75) is 39.3 Å². The number of hydrogen-bond acceptors (Lipinski definition) is 6. The molecule has 0 unspecified atom stereocenters. The van der Waals surface area contributed by atoms with Crippen molar-refractivity contribution in [2.75, 3.05) is 0 Å². The van der Waals surface area contributed by atoms with Gasteiger partial charge in [0, 0.05) is 115 Å². The van der Waals surface area contributed by atoms with E-state index in [2.05, 4.69) is 478 Å². The second kappa shape index (κ2) is 31.8. The smallest absolute Gasteiger partial charge is 0.159 e. The first-order valence-electron chi connectivity index (χ1n) is 45.5. The molecule has 0 atom stereocenters. The van der Waals surface area contributed by atoms with Gasteiger partial charge in [-0.15, -0.1) is 0 Å². The van der Waals surface area contributed by atoms with Crippen LogP contribution in [0.3, 0.4) is 0 Å². The van der Waals surface area contributed by atoms with Gasteiger partial charge < -0.3 is 13.7 Å². The highest BCUT2D eigenvalue weighted by molar-refractivity contribution is 7.04. The van der Waals surface area contributed by atoms with Gasteiger partial charge in [0.2, 0.25) is 0 Å². The van der Waals surface area contributed by atoms with E-state index in [1.54, 1.807) is 0 Å². The van der Waals surface area contributed by atoms with Crippen LogP contribution in [0.15, 0.2) is 431 Å². The number of benzene rings is 17. The number of fused-ring (bicyclic) bond motifs is 18. The van der Waals surface area contributed by atoms with Gasteiger partial charge in [-0.25, -0.2) is 29.9 Å². The number of hydrogen-bond donors (Lipinski definition) is 0. The zero-order valence-electron chi connectivity index (χ0n) is 74.0. The lowest BCUT2D eigenvalue weighted by Gasteiger charge is -2.19. The summed E-state index contributed by atoms with van der Waals surface area (Å²) < 4.78 is 7.09. The number of nitrogens with zero attached hydrogens (tertiary/aromatic N) is 9. The van der Waals surface area contributed by atoms with Gasteiger partial charge in [-0.1, -0.05) is 373 Å². The van der Waals surface area contributed by atoms with Gasteiger partial charge in [-0.05, 0) is 152 Å². The number of para-hydroxylation sites is 6. The summed E-state index contributed by atoms with van der Waals surface area (Å²) in [6, 6.07) is 154. The molecule has 9 heterocycles. The van der Waals surface area contributed by atoms with Crippen molar-refractivity contribution in [3.8, 4) is 141 Å². The molecule has 6 aromatic heterocycles. The first-order chi connectivity index (χ1) is 64.8. The summed E-state index contributed by atoms with van der Waals surface area (Å²) in [5.41, 5.74) is 32.4. The Morgan fingerprint density at radius 3 is 0.773 bits per heavy atom. The predicted molar refractivity (Wildman–Crippen MR) is 559 cm³/mol. The van der Waals surface area contributed by atoms with E-state index < -0.39 is 24.2 Å². The minimum absolute atomic E-state index is 0.784. The Labute approximate surface area is 769 Å². The molecule has 626 valence electrons. The van der Waals surface area contributed by atoms with Crippen LogP contribution < -0.4 is 31.5 Å². The maximum absolute atomic E-state index is 5.44. The van der Waals surface area contributed by atoms with Crippen molar-refractivity contribution in [3.05, 3.63) is 431 Å². The first-order valence-corrected chi connectivity index (χ1v) is 54.5. The fraction of sp³-hybridized carbons (Fsp3) is 0.0500. The van der Waals surface area contributed by atoms with E-state index in [0.29, 0.717) is 0 Å². The quantitative estimate of drug-likeness (QED) is 0.120. The predicted octanol–water partition coefficient (Wildman–Crippen LogP) is 26.5. The maximum Gasteiger partial charge on any atom is 0.159 e. The summed E-state index contributed by atoms with van der Waals surface area (Å²) in [5, 5.41) is 15.3. The van der Waals surface area contributed by atoms with Crippen molar-refractivity contribution in [3.63, 3.8) is 0 Å². The van der Waals surface area contributed by atoms with Crippen LogP contribution in [0, 0.1) is 0 Å². The third kappa shape index (κ3) is 13.1. The van der Waals surface area contributed by atoms with Crippen LogP contribution in [-0.2, 0) is 0 Å². The summed E-state index contributed by atoms with van der Waals surface area (Å²) in [6.07, 6.45) is 0. The number of aromatic nitrogens is 9. The van der Waals surface area contributed by atoms with Crippen molar-refractivity contribution >= 4 is 121 Å². The van der Waals surface area contributed by atoms with E-state index in [1.165, 1.54) is 153 Å². The monoisotopic (exact) mass is 1740 g/mol. The lowest BCUT2D eigenvalue weighted by molar-refractivity contribution is 1.18. The molecule has 0 saturated heterocycles. The average Bonchev–Trinajstić information content (AvgIpc) is 1.56. The normalized spacial score (nSPS) is 13.3. The molecule has 26 rings (SSSR count). The summed E-state index contributed by atoms with van der Waals surface area (Å²) in [4.78, 5) is 32.2. The molecule has 0 aliphatic carbocycles. The summed E-state index contributed by atoms with van der Waals surface area (Å²) in [5.74, 6) is 2.37. The van der Waals surface area contributed by atoms with Crippen LogP contribution in [0.4, 0.5) is 0 Å². The Kier molecular flexibility index (Phi) is 19.1. The molecule has 3 aliphatic rings. The summed E-state index contributed by atoms with van der Waals surface area (Å²) in [6.45, 7) is 14.5. The zero-order valence-corrected chi connectivity index (χ0v) is 77.0. The molecule has 0 bridgehead atoms. The second-order valence-corrected chi connectivity index (χ2v) is 49.2. The fourth-order valence-electron chi connectivity index (χ4n) is 21.1. The molecule has 12 heteroatoms. The van der Waals surface area contributed by atoms with Gasteiger partial charge in [0.15, 0.2) is 17.5 Å². The Morgan fingerprint density at radius 2 is 0.417 bits per heavy atom. The van der Waals surface area contributed by atoms with Crippen LogP contribution >= 0.6 is 0 Å². The van der Waals surface area contributed by atoms with Gasteiger partial charge >= 0.3 is 0 Å². The highest BCUT2D eigenvalue weighted by atomic mass is 28.3. The molecule has 9 nitrogen and oxygen atoms in total. The Bertz CT molecular complexity index is 8520. The average molecular weight is 1740 g/mol. The van der Waals surface area contributed by atoms with E-state index in [0.717, 1.165) is 85.0 Å². The van der Waals surface area contributed by atoms with E-state index in [4.69, 9.17) is 29.9 Å². The van der Waals surface area contributed by atoms with Gasteiger partial charge in [0.1, 0.15) is 24.2 Å². The van der Waals surface area contributed by atoms with E-state index in [9.17, 15) is 0 Å². The molecule has 132 heavy (non-hydrogen) atoms. The topological polar surface area (TPSA) is 92.1 Å². The molecule has 0 spiro atoms. The minimum atomic E-state index is -2.08. The van der Waals surface area contributed by atoms with Crippen molar-refractivity contribution in [2.24, 2.45) is 0 Å². The molecular formula is C120H89N9Si3. The summed E-state index contributed by atoms with van der Waals surface area (Å²) in [7, 11) is -6.15. The molecular weight excluding hydrogens is 1650 g/mol. The molecule has 3 aliphatic heterocycles. The van der Waals surface area contributed by atoms with Gasteiger partial charge in [0.25, 0.3) is 0 Å². The van der Waals surface area contributed by atoms with E-state index >= 15 is 0 Å². The van der Waals surface area contributed by atoms with Crippen LogP contribution in [0.2, 0.25) is 39.3 Å². The molecule has 0 N–H and O–H groups in total. The van der Waals surface area contributed by atoms with E-state index in [1.807, 2.05) is 6.07 Å². The fourth-order valence-corrected chi connectivity index (χ4v) is 29.8. The Hall–Kier alpha value is -16.0. The van der Waals surface area contributed by atoms with Crippen LogP contribution in [0.1, 0.15) is 0 Å². The third-order valence-corrected chi connectivity index (χ3v) is 37.5. The lowest BCUT2D eigenvalue weighted by Crippen LogP contribution is -2.50. The molecule has 23 aromatic rings. The molecule has 0 fully saturated rings. The maximum atomic E-state index is 5.44. The number of rotatable bonds is 11. The van der Waals surface area contributed by atoms with Crippen molar-refractivity contribution in [1.29, 1.82) is 0 Å². The van der Waals surface area contributed by atoms with E-state index in [-0.39, 0.29) is 0 Å². The SMILES string of the molecule is C[Si]1(C)c2ccccc2-c2c(-c3ccc4c(c3)c3ccccc3n4-c3ccccc3)nc(-c3ccc(-c4ccccc4)cc3)nc21.C[Si]1(C)c2ccccc2-c2c(-c3ccc4c(c3)c3ccccc3n4-c3ccccc3)nc(-c3cccc(-c4ccccc4)c3)nc21.C[Si]1(C)c2ccccc2-c2c(-c3ccc4c(c3)c3ccccc3n4-c3ccccc3)nc(-c3ccccc3)nc21. The largest absolute Gasteiger partial charge is 0.309 e. The third-order valence-electron chi connectivity index (χ3n) is 27.5. The second-order valence-electron chi connectivity index (χ2n) is 36.4.